The molecule has 7 nitrogen and oxygen atoms in total. The van der Waals surface area contributed by atoms with Crippen LogP contribution in [0.3, 0.4) is 0 Å². The van der Waals surface area contributed by atoms with Crippen molar-refractivity contribution in [2.45, 2.75) is 51.4 Å². The summed E-state index contributed by atoms with van der Waals surface area (Å²) < 4.78 is 5.37. The molecule has 2 heterocycles. The molecule has 4 rings (SSSR count). The van der Waals surface area contributed by atoms with E-state index in [4.69, 9.17) is 4.74 Å². The first kappa shape index (κ1) is 20.3. The first-order valence-electron chi connectivity index (χ1n) is 10.6. The fourth-order valence-electron chi connectivity index (χ4n) is 4.75. The van der Waals surface area contributed by atoms with E-state index in [1.54, 1.807) is 4.90 Å². The van der Waals surface area contributed by atoms with E-state index in [2.05, 4.69) is 5.32 Å². The minimum absolute atomic E-state index is 0.0403. The van der Waals surface area contributed by atoms with Crippen molar-refractivity contribution < 1.29 is 24.2 Å². The van der Waals surface area contributed by atoms with Crippen molar-refractivity contribution >= 4 is 34.1 Å². The number of carboxylic acids is 1. The second kappa shape index (κ2) is 8.83. The minimum atomic E-state index is -0.903. The zero-order chi connectivity index (χ0) is 20.4. The van der Waals surface area contributed by atoms with Crippen LogP contribution in [-0.4, -0.2) is 54.1 Å². The molecule has 2 amide bonds. The van der Waals surface area contributed by atoms with Gasteiger partial charge in [0.2, 0.25) is 5.91 Å². The number of amides is 2. The van der Waals surface area contributed by atoms with E-state index in [1.807, 2.05) is 0 Å². The normalized spacial score (nSPS) is 24.6. The molecule has 1 saturated heterocycles. The maximum absolute atomic E-state index is 13.3. The van der Waals surface area contributed by atoms with Gasteiger partial charge in [-0.1, -0.05) is 12.8 Å². The third kappa shape index (κ3) is 4.19. The van der Waals surface area contributed by atoms with Crippen LogP contribution in [0.1, 0.15) is 59.3 Å². The minimum Gasteiger partial charge on any atom is -0.481 e. The lowest BCUT2D eigenvalue weighted by atomic mass is 9.78. The van der Waals surface area contributed by atoms with Crippen molar-refractivity contribution in [3.8, 4) is 0 Å². The van der Waals surface area contributed by atoms with Crippen LogP contribution in [0.15, 0.2) is 0 Å². The highest BCUT2D eigenvalue weighted by atomic mass is 32.1. The average Bonchev–Trinajstić information content (AvgIpc) is 3.11. The molecule has 1 aromatic rings. The highest BCUT2D eigenvalue weighted by Crippen LogP contribution is 2.40. The molecule has 8 heteroatoms. The van der Waals surface area contributed by atoms with Crippen LogP contribution in [0.4, 0.5) is 5.00 Å². The summed E-state index contributed by atoms with van der Waals surface area (Å²) in [6.45, 7) is 2.17. The number of carbonyl (C=O) groups is 3. The molecule has 1 aromatic heterocycles. The van der Waals surface area contributed by atoms with Crippen molar-refractivity contribution in [3.05, 3.63) is 16.0 Å². The molecule has 158 valence electrons. The number of rotatable bonds is 4. The molecule has 2 fully saturated rings. The number of morpholine rings is 1. The van der Waals surface area contributed by atoms with E-state index >= 15 is 0 Å². The van der Waals surface area contributed by atoms with Crippen molar-refractivity contribution in [1.29, 1.82) is 0 Å². The number of aryl methyl sites for hydroxylation is 1. The molecule has 2 aliphatic carbocycles. The Hall–Kier alpha value is -1.93. The summed E-state index contributed by atoms with van der Waals surface area (Å²) in [5.74, 6) is -2.38. The lowest BCUT2D eigenvalue weighted by Crippen LogP contribution is -2.41. The van der Waals surface area contributed by atoms with Crippen LogP contribution in [-0.2, 0) is 27.2 Å². The van der Waals surface area contributed by atoms with Crippen LogP contribution < -0.4 is 5.32 Å². The summed E-state index contributed by atoms with van der Waals surface area (Å²) in [6, 6.07) is 0. The fraction of sp³-hybridized carbons (Fsp3) is 0.667. The Morgan fingerprint density at radius 3 is 2.41 bits per heavy atom. The molecular formula is C21H28N2O5S. The van der Waals surface area contributed by atoms with Crippen molar-refractivity contribution in [3.63, 3.8) is 0 Å². The van der Waals surface area contributed by atoms with Crippen LogP contribution >= 0.6 is 11.3 Å². The zero-order valence-electron chi connectivity index (χ0n) is 16.6. The Kier molecular flexibility index (Phi) is 6.20. The molecule has 0 unspecified atom stereocenters. The zero-order valence-corrected chi connectivity index (χ0v) is 17.4. The van der Waals surface area contributed by atoms with Crippen molar-refractivity contribution in [1.82, 2.24) is 4.90 Å². The Labute approximate surface area is 174 Å². The Balaban J connectivity index is 1.61. The van der Waals surface area contributed by atoms with Gasteiger partial charge in [0, 0.05) is 18.0 Å². The van der Waals surface area contributed by atoms with Crippen LogP contribution in [0, 0.1) is 11.8 Å². The number of hydrogen-bond donors (Lipinski definition) is 2. The van der Waals surface area contributed by atoms with Crippen molar-refractivity contribution in [2.24, 2.45) is 11.8 Å². The first-order chi connectivity index (χ1) is 14.1. The second-order valence-corrected chi connectivity index (χ2v) is 9.25. The molecule has 1 aliphatic heterocycles. The van der Waals surface area contributed by atoms with E-state index in [0.29, 0.717) is 49.7 Å². The predicted molar refractivity (Wildman–Crippen MR) is 109 cm³/mol. The average molecular weight is 421 g/mol. The number of nitrogens with one attached hydrogen (secondary N) is 1. The number of hydrogen-bond acceptors (Lipinski definition) is 5. The first-order valence-corrected chi connectivity index (χ1v) is 11.4. The van der Waals surface area contributed by atoms with E-state index < -0.39 is 17.8 Å². The van der Waals surface area contributed by atoms with Gasteiger partial charge in [-0.25, -0.2) is 0 Å². The molecule has 0 aromatic carbocycles. The van der Waals surface area contributed by atoms with Gasteiger partial charge in [0.15, 0.2) is 0 Å². The maximum atomic E-state index is 13.3. The predicted octanol–water partition coefficient (Wildman–Crippen LogP) is 2.93. The number of carbonyl (C=O) groups excluding carboxylic acids is 2. The molecule has 0 radical (unpaired) electrons. The lowest BCUT2D eigenvalue weighted by Gasteiger charge is -2.29. The summed E-state index contributed by atoms with van der Waals surface area (Å²) >= 11 is 1.50. The quantitative estimate of drug-likeness (QED) is 0.781. The third-order valence-corrected chi connectivity index (χ3v) is 7.55. The van der Waals surface area contributed by atoms with Gasteiger partial charge in [-0.3, -0.25) is 14.4 Å². The number of thiophene rings is 1. The number of carboxylic acid groups (broad SMARTS) is 1. The van der Waals surface area contributed by atoms with Gasteiger partial charge in [0.1, 0.15) is 5.00 Å². The van der Waals surface area contributed by atoms with Gasteiger partial charge in [-0.15, -0.1) is 11.3 Å². The largest absolute Gasteiger partial charge is 0.481 e. The van der Waals surface area contributed by atoms with Crippen LogP contribution in [0.25, 0.3) is 0 Å². The highest BCUT2D eigenvalue weighted by molar-refractivity contribution is 7.17. The maximum Gasteiger partial charge on any atom is 0.307 e. The van der Waals surface area contributed by atoms with E-state index in [1.165, 1.54) is 16.2 Å². The molecule has 29 heavy (non-hydrogen) atoms. The van der Waals surface area contributed by atoms with Crippen molar-refractivity contribution in [2.75, 3.05) is 31.6 Å². The van der Waals surface area contributed by atoms with E-state index in [0.717, 1.165) is 44.1 Å². The molecule has 0 spiro atoms. The molecule has 2 atom stereocenters. The summed E-state index contributed by atoms with van der Waals surface area (Å²) in [5.41, 5.74) is 1.70. The van der Waals surface area contributed by atoms with E-state index in [9.17, 15) is 19.5 Å². The van der Waals surface area contributed by atoms with E-state index in [-0.39, 0.29) is 11.8 Å². The molecule has 0 bridgehead atoms. The number of fused-ring (bicyclic) bond motifs is 1. The number of ether oxygens (including phenoxy) is 1. The summed E-state index contributed by atoms with van der Waals surface area (Å²) in [4.78, 5) is 40.9. The summed E-state index contributed by atoms with van der Waals surface area (Å²) in [6.07, 6.45) is 6.75. The fourth-order valence-corrected chi connectivity index (χ4v) is 6.03. The van der Waals surface area contributed by atoms with Gasteiger partial charge in [-0.05, 0) is 44.1 Å². The molecule has 1 saturated carbocycles. The molecule has 3 aliphatic rings. The molecular weight excluding hydrogens is 392 g/mol. The number of anilines is 1. The second-order valence-electron chi connectivity index (χ2n) is 8.14. The van der Waals surface area contributed by atoms with Gasteiger partial charge in [-0.2, -0.15) is 0 Å². The summed E-state index contributed by atoms with van der Waals surface area (Å²) in [7, 11) is 0. The third-order valence-electron chi connectivity index (χ3n) is 6.34. The summed E-state index contributed by atoms with van der Waals surface area (Å²) in [5, 5.41) is 13.1. The Morgan fingerprint density at radius 2 is 1.69 bits per heavy atom. The standard InChI is InChI=1S/C21H28N2O5S/c24-18(13-5-1-2-6-14(13)21(26)27)22-19-17(15-7-3-4-8-16(15)29-19)20(25)23-9-11-28-12-10-23/h13-14H,1-12H2,(H,22,24)(H,26,27)/t13-,14+/m1/s1. The Bertz CT molecular complexity index is 799. The lowest BCUT2D eigenvalue weighted by molar-refractivity contribution is -0.147. The van der Waals surface area contributed by atoms with Gasteiger partial charge in [0.25, 0.3) is 5.91 Å². The number of nitrogens with zero attached hydrogens (tertiary/aromatic N) is 1. The smallest absolute Gasteiger partial charge is 0.307 e. The molecule has 2 N–H and O–H groups in total. The van der Waals surface area contributed by atoms with Crippen LogP contribution in [0.2, 0.25) is 0 Å². The SMILES string of the molecule is O=C(O)[C@H]1CCCC[C@H]1C(=O)Nc1sc2c(c1C(=O)N1CCOCC1)CCCC2. The van der Waals surface area contributed by atoms with Crippen LogP contribution in [0.5, 0.6) is 0 Å². The highest BCUT2D eigenvalue weighted by Gasteiger charge is 2.37. The van der Waals surface area contributed by atoms with Gasteiger partial charge < -0.3 is 20.1 Å². The van der Waals surface area contributed by atoms with Gasteiger partial charge >= 0.3 is 5.97 Å². The topological polar surface area (TPSA) is 95.9 Å². The van der Waals surface area contributed by atoms with Gasteiger partial charge in [0.05, 0.1) is 30.6 Å². The monoisotopic (exact) mass is 420 g/mol. The number of aliphatic carboxylic acids is 1. The Morgan fingerprint density at radius 1 is 1.00 bits per heavy atom.